The fourth-order valence-corrected chi connectivity index (χ4v) is 4.29. The molecule has 0 fully saturated rings. The smallest absolute Gasteiger partial charge is 0.259 e. The van der Waals surface area contributed by atoms with E-state index in [2.05, 4.69) is 16.8 Å². The SMILES string of the molecule is C[C@@H]1CN([C@H](C)CO)C(=O)c2cc(C#CCN(C)C)cnc2O[C@@H]1CN(C)C(=O)c1ccc2c(c1)OCO2. The average Bonchev–Trinajstić information content (AvgIpc) is 3.37. The van der Waals surface area contributed by atoms with E-state index < -0.39 is 12.1 Å². The van der Waals surface area contributed by atoms with E-state index in [0.29, 0.717) is 35.7 Å². The van der Waals surface area contributed by atoms with Crippen molar-refractivity contribution < 1.29 is 28.9 Å². The molecule has 4 rings (SSSR count). The van der Waals surface area contributed by atoms with Crippen molar-refractivity contribution in [2.75, 3.05) is 54.2 Å². The van der Waals surface area contributed by atoms with E-state index in [4.69, 9.17) is 14.2 Å². The average molecular weight is 523 g/mol. The second kappa shape index (κ2) is 11.7. The van der Waals surface area contributed by atoms with Crippen molar-refractivity contribution in [1.82, 2.24) is 19.7 Å². The molecule has 10 heteroatoms. The summed E-state index contributed by atoms with van der Waals surface area (Å²) in [4.78, 5) is 36.4. The summed E-state index contributed by atoms with van der Waals surface area (Å²) in [5, 5.41) is 9.86. The zero-order chi connectivity index (χ0) is 27.4. The fraction of sp³-hybridized carbons (Fsp3) is 0.464. The van der Waals surface area contributed by atoms with Crippen molar-refractivity contribution in [3.8, 4) is 29.2 Å². The van der Waals surface area contributed by atoms with Crippen molar-refractivity contribution in [2.45, 2.75) is 26.0 Å². The molecule has 38 heavy (non-hydrogen) atoms. The van der Waals surface area contributed by atoms with Crippen LogP contribution in [0.15, 0.2) is 30.5 Å². The van der Waals surface area contributed by atoms with Gasteiger partial charge in [0.25, 0.3) is 11.8 Å². The number of carbonyl (C=O) groups is 2. The van der Waals surface area contributed by atoms with Crippen molar-refractivity contribution in [3.63, 3.8) is 0 Å². The number of pyridine rings is 1. The highest BCUT2D eigenvalue weighted by atomic mass is 16.7. The van der Waals surface area contributed by atoms with Gasteiger partial charge in [-0.05, 0) is 45.3 Å². The van der Waals surface area contributed by atoms with E-state index in [1.165, 1.54) is 0 Å². The third-order valence-corrected chi connectivity index (χ3v) is 6.57. The number of hydrogen-bond acceptors (Lipinski definition) is 8. The van der Waals surface area contributed by atoms with Gasteiger partial charge in [0.05, 0.1) is 25.7 Å². The number of nitrogens with zero attached hydrogens (tertiary/aromatic N) is 4. The first-order chi connectivity index (χ1) is 18.2. The van der Waals surface area contributed by atoms with Crippen LogP contribution in [-0.4, -0.2) is 103 Å². The van der Waals surface area contributed by atoms with Gasteiger partial charge in [-0.2, -0.15) is 0 Å². The maximum Gasteiger partial charge on any atom is 0.259 e. The van der Waals surface area contributed by atoms with Crippen LogP contribution in [0.4, 0.5) is 0 Å². The van der Waals surface area contributed by atoms with Gasteiger partial charge in [-0.25, -0.2) is 4.98 Å². The zero-order valence-electron chi connectivity index (χ0n) is 22.4. The Balaban J connectivity index is 1.60. The van der Waals surface area contributed by atoms with Crippen LogP contribution in [0.2, 0.25) is 0 Å². The Kier molecular flexibility index (Phi) is 8.39. The Bertz CT molecular complexity index is 1250. The number of rotatable bonds is 6. The normalized spacial score (nSPS) is 19.0. The number of hydrogen-bond donors (Lipinski definition) is 1. The third-order valence-electron chi connectivity index (χ3n) is 6.57. The molecule has 0 spiro atoms. The van der Waals surface area contributed by atoms with Crippen molar-refractivity contribution in [1.29, 1.82) is 0 Å². The molecule has 0 saturated heterocycles. The van der Waals surface area contributed by atoms with Crippen LogP contribution in [0, 0.1) is 17.8 Å². The lowest BCUT2D eigenvalue weighted by Gasteiger charge is -2.37. The Morgan fingerprint density at radius 1 is 1.24 bits per heavy atom. The molecule has 10 nitrogen and oxygen atoms in total. The first kappa shape index (κ1) is 27.2. The summed E-state index contributed by atoms with van der Waals surface area (Å²) < 4.78 is 17.0. The summed E-state index contributed by atoms with van der Waals surface area (Å²) in [6.45, 7) is 4.87. The topological polar surface area (TPSA) is 105 Å². The van der Waals surface area contributed by atoms with Gasteiger partial charge in [0.2, 0.25) is 12.7 Å². The van der Waals surface area contributed by atoms with Crippen molar-refractivity contribution in [2.24, 2.45) is 5.92 Å². The molecule has 0 saturated carbocycles. The lowest BCUT2D eigenvalue weighted by atomic mass is 9.99. The molecule has 2 amide bonds. The van der Waals surface area contributed by atoms with Gasteiger partial charge in [0.1, 0.15) is 11.7 Å². The van der Waals surface area contributed by atoms with Gasteiger partial charge in [-0.1, -0.05) is 18.8 Å². The summed E-state index contributed by atoms with van der Waals surface area (Å²) in [5.41, 5.74) is 1.35. The summed E-state index contributed by atoms with van der Waals surface area (Å²) >= 11 is 0. The minimum atomic E-state index is -0.462. The second-order valence-electron chi connectivity index (χ2n) is 9.99. The molecule has 2 aliphatic rings. The molecule has 0 radical (unpaired) electrons. The largest absolute Gasteiger partial charge is 0.472 e. The van der Waals surface area contributed by atoms with Crippen molar-refractivity contribution >= 4 is 11.8 Å². The van der Waals surface area contributed by atoms with Crippen LogP contribution < -0.4 is 14.2 Å². The number of likely N-dealkylation sites (N-methyl/N-ethyl adjacent to an activating group) is 1. The highest BCUT2D eigenvalue weighted by molar-refractivity contribution is 5.97. The molecular formula is C28H34N4O6. The molecule has 2 aromatic rings. The molecule has 0 bridgehead atoms. The number of carbonyl (C=O) groups excluding carboxylic acids is 2. The molecule has 1 aromatic carbocycles. The maximum atomic E-state index is 13.5. The molecule has 0 aliphatic carbocycles. The molecule has 1 N–H and O–H groups in total. The number of aliphatic hydroxyl groups excluding tert-OH is 1. The van der Waals surface area contributed by atoms with E-state index in [1.54, 1.807) is 54.2 Å². The van der Waals surface area contributed by atoms with Gasteiger partial charge in [-0.15, -0.1) is 0 Å². The van der Waals surface area contributed by atoms with Crippen molar-refractivity contribution in [3.05, 3.63) is 47.2 Å². The molecule has 3 heterocycles. The van der Waals surface area contributed by atoms with E-state index >= 15 is 0 Å². The predicted octanol–water partition coefficient (Wildman–Crippen LogP) is 1.72. The molecule has 0 unspecified atom stereocenters. The lowest BCUT2D eigenvalue weighted by molar-refractivity contribution is 0.0313. The van der Waals surface area contributed by atoms with Crippen LogP contribution in [-0.2, 0) is 0 Å². The Morgan fingerprint density at radius 3 is 2.74 bits per heavy atom. The van der Waals surface area contributed by atoms with E-state index in [-0.39, 0.29) is 49.1 Å². The first-order valence-electron chi connectivity index (χ1n) is 12.5. The summed E-state index contributed by atoms with van der Waals surface area (Å²) in [5.74, 6) is 6.79. The monoisotopic (exact) mass is 522 g/mol. The maximum absolute atomic E-state index is 13.5. The number of ether oxygens (including phenoxy) is 3. The minimum Gasteiger partial charge on any atom is -0.472 e. The van der Waals surface area contributed by atoms with Crippen LogP contribution >= 0.6 is 0 Å². The standard InChI is InChI=1S/C28H34N4O6/c1-18-14-32(19(2)16-33)28(35)22-11-20(7-6-10-30(3)4)13-29-26(22)38-25(18)15-31(5)27(34)21-8-9-23-24(12-21)37-17-36-23/h8-9,11-13,18-19,25,33H,10,14-17H2,1-5H3/t18-,19-,25-/m1/s1. The highest BCUT2D eigenvalue weighted by Gasteiger charge is 2.35. The summed E-state index contributed by atoms with van der Waals surface area (Å²) in [7, 11) is 5.56. The third kappa shape index (κ3) is 6.01. The van der Waals surface area contributed by atoms with E-state index in [0.717, 1.165) is 0 Å². The Morgan fingerprint density at radius 2 is 2.00 bits per heavy atom. The molecule has 3 atom stereocenters. The summed E-state index contributed by atoms with van der Waals surface area (Å²) in [6.07, 6.45) is 1.12. The molecule has 2 aliphatic heterocycles. The van der Waals surface area contributed by atoms with Crippen LogP contribution in [0.3, 0.4) is 0 Å². The van der Waals surface area contributed by atoms with Crippen LogP contribution in [0.5, 0.6) is 17.4 Å². The first-order valence-corrected chi connectivity index (χ1v) is 12.5. The number of aromatic nitrogens is 1. The fourth-order valence-electron chi connectivity index (χ4n) is 4.29. The number of aliphatic hydroxyl groups is 1. The predicted molar refractivity (Wildman–Crippen MR) is 140 cm³/mol. The highest BCUT2D eigenvalue weighted by Crippen LogP contribution is 2.33. The zero-order valence-corrected chi connectivity index (χ0v) is 22.4. The van der Waals surface area contributed by atoms with Gasteiger partial charge in [0.15, 0.2) is 11.5 Å². The quantitative estimate of drug-likeness (QED) is 0.572. The Hall–Kier alpha value is -3.81. The minimum absolute atomic E-state index is 0.132. The van der Waals surface area contributed by atoms with Crippen LogP contribution in [0.1, 0.15) is 40.1 Å². The van der Waals surface area contributed by atoms with Gasteiger partial charge in [-0.3, -0.25) is 14.5 Å². The second-order valence-corrected chi connectivity index (χ2v) is 9.99. The van der Waals surface area contributed by atoms with Gasteiger partial charge in [0, 0.05) is 36.8 Å². The van der Waals surface area contributed by atoms with Crippen LogP contribution in [0.25, 0.3) is 0 Å². The van der Waals surface area contributed by atoms with E-state index in [9.17, 15) is 14.7 Å². The molecule has 1 aromatic heterocycles. The molecular weight excluding hydrogens is 488 g/mol. The summed E-state index contributed by atoms with van der Waals surface area (Å²) in [6, 6.07) is 6.36. The van der Waals surface area contributed by atoms with E-state index in [1.807, 2.05) is 25.9 Å². The molecule has 202 valence electrons. The van der Waals surface area contributed by atoms with Gasteiger partial charge < -0.3 is 29.1 Å². The number of amides is 2. The number of benzene rings is 1. The number of fused-ring (bicyclic) bond motifs is 2. The Labute approximate surface area is 223 Å². The van der Waals surface area contributed by atoms with Gasteiger partial charge >= 0.3 is 0 Å². The lowest BCUT2D eigenvalue weighted by Crippen LogP contribution is -2.50.